The lowest BCUT2D eigenvalue weighted by atomic mass is 9.91. The minimum atomic E-state index is 0.0537. The molecule has 1 aromatic carbocycles. The molecular formula is C16H21ClN2S. The highest BCUT2D eigenvalue weighted by molar-refractivity contribution is 7.15. The van der Waals surface area contributed by atoms with Gasteiger partial charge in [0.1, 0.15) is 5.01 Å². The summed E-state index contributed by atoms with van der Waals surface area (Å²) in [5.74, 6) is 0. The summed E-state index contributed by atoms with van der Waals surface area (Å²) in [4.78, 5) is 6.18. The summed E-state index contributed by atoms with van der Waals surface area (Å²) in [7, 11) is 0. The fourth-order valence-electron chi connectivity index (χ4n) is 2.04. The number of thiazole rings is 1. The summed E-state index contributed by atoms with van der Waals surface area (Å²) in [5, 5.41) is 5.20. The Kier molecular flexibility index (Phi) is 4.84. The molecule has 2 rings (SSSR count). The number of nitrogens with one attached hydrogen (secondary N) is 1. The van der Waals surface area contributed by atoms with Crippen molar-refractivity contribution in [2.45, 2.75) is 39.7 Å². The van der Waals surface area contributed by atoms with Gasteiger partial charge < -0.3 is 5.32 Å². The predicted octanol–water partition coefficient (Wildman–Crippen LogP) is 4.87. The van der Waals surface area contributed by atoms with Crippen molar-refractivity contribution in [3.8, 4) is 10.6 Å². The molecule has 1 aromatic heterocycles. The zero-order chi connectivity index (χ0) is 14.8. The zero-order valence-corrected chi connectivity index (χ0v) is 14.0. The van der Waals surface area contributed by atoms with Crippen molar-refractivity contribution in [3.05, 3.63) is 39.9 Å². The molecule has 0 amide bonds. The number of hydrogen-bond acceptors (Lipinski definition) is 3. The average molecular weight is 309 g/mol. The Morgan fingerprint density at radius 3 is 2.65 bits per heavy atom. The molecule has 0 fully saturated rings. The maximum absolute atomic E-state index is 6.08. The average Bonchev–Trinajstić information content (AvgIpc) is 2.80. The number of nitrogens with zero attached hydrogens (tertiary/aromatic N) is 1. The third-order valence-corrected chi connectivity index (χ3v) is 4.35. The van der Waals surface area contributed by atoms with Crippen molar-refractivity contribution in [1.29, 1.82) is 0 Å². The lowest BCUT2D eigenvalue weighted by molar-refractivity contribution is 0.561. The van der Waals surface area contributed by atoms with Crippen LogP contribution in [0, 0.1) is 0 Å². The Hall–Kier alpha value is -0.900. The normalized spacial score (nSPS) is 11.8. The lowest BCUT2D eigenvalue weighted by Crippen LogP contribution is -2.18. The van der Waals surface area contributed by atoms with E-state index in [1.54, 1.807) is 11.3 Å². The van der Waals surface area contributed by atoms with Crippen LogP contribution in [0.25, 0.3) is 10.6 Å². The first-order valence-electron chi connectivity index (χ1n) is 6.88. The van der Waals surface area contributed by atoms with Crippen LogP contribution in [0.3, 0.4) is 0 Å². The first kappa shape index (κ1) is 15.5. The number of benzene rings is 1. The third kappa shape index (κ3) is 3.60. The summed E-state index contributed by atoms with van der Waals surface area (Å²) in [6, 6.07) is 7.90. The predicted molar refractivity (Wildman–Crippen MR) is 88.6 cm³/mol. The molecule has 1 N–H and O–H groups in total. The van der Waals surface area contributed by atoms with E-state index in [-0.39, 0.29) is 5.41 Å². The van der Waals surface area contributed by atoms with E-state index < -0.39 is 0 Å². The van der Waals surface area contributed by atoms with Gasteiger partial charge in [0.05, 0.1) is 5.69 Å². The van der Waals surface area contributed by atoms with E-state index in [1.165, 1.54) is 10.6 Å². The van der Waals surface area contributed by atoms with E-state index >= 15 is 0 Å². The van der Waals surface area contributed by atoms with Crippen LogP contribution in [-0.2, 0) is 12.0 Å². The molecule has 0 atom stereocenters. The molecule has 20 heavy (non-hydrogen) atoms. The second kappa shape index (κ2) is 6.25. The summed E-state index contributed by atoms with van der Waals surface area (Å²) in [6.45, 7) is 10.6. The lowest BCUT2D eigenvalue weighted by Gasteiger charge is -2.17. The van der Waals surface area contributed by atoms with Gasteiger partial charge in [-0.2, -0.15) is 0 Å². The standard InChI is InChI=1S/C16H21ClN2S/c1-5-18-10-13-14(16(2,3)4)19-15(20-13)11-7-6-8-12(17)9-11/h6-9,18H,5,10H2,1-4H3. The molecule has 4 heteroatoms. The Bertz CT molecular complexity index is 584. The molecule has 0 saturated carbocycles. The fourth-order valence-corrected chi connectivity index (χ4v) is 3.47. The Labute approximate surface area is 130 Å². The van der Waals surface area contributed by atoms with Crippen molar-refractivity contribution in [2.75, 3.05) is 6.54 Å². The van der Waals surface area contributed by atoms with Crippen molar-refractivity contribution in [3.63, 3.8) is 0 Å². The molecule has 0 aliphatic rings. The van der Waals surface area contributed by atoms with E-state index in [4.69, 9.17) is 16.6 Å². The third-order valence-electron chi connectivity index (χ3n) is 3.01. The van der Waals surface area contributed by atoms with E-state index in [0.29, 0.717) is 0 Å². The number of hydrogen-bond donors (Lipinski definition) is 1. The van der Waals surface area contributed by atoms with Gasteiger partial charge in [0, 0.05) is 27.4 Å². The summed E-state index contributed by atoms with van der Waals surface area (Å²) < 4.78 is 0. The Morgan fingerprint density at radius 2 is 2.05 bits per heavy atom. The minimum Gasteiger partial charge on any atom is -0.312 e. The molecule has 0 aliphatic heterocycles. The number of halogens is 1. The molecule has 0 aliphatic carbocycles. The van der Waals surface area contributed by atoms with Crippen LogP contribution in [0.1, 0.15) is 38.3 Å². The summed E-state index contributed by atoms with van der Waals surface area (Å²) in [6.07, 6.45) is 0. The van der Waals surface area contributed by atoms with Crippen LogP contribution >= 0.6 is 22.9 Å². The largest absolute Gasteiger partial charge is 0.312 e. The van der Waals surface area contributed by atoms with E-state index in [9.17, 15) is 0 Å². The summed E-state index contributed by atoms with van der Waals surface area (Å²) >= 11 is 7.84. The second-order valence-corrected chi connectivity index (χ2v) is 7.35. The smallest absolute Gasteiger partial charge is 0.123 e. The maximum Gasteiger partial charge on any atom is 0.123 e. The number of aromatic nitrogens is 1. The fraction of sp³-hybridized carbons (Fsp3) is 0.438. The van der Waals surface area contributed by atoms with E-state index in [2.05, 4.69) is 39.1 Å². The first-order valence-corrected chi connectivity index (χ1v) is 8.08. The van der Waals surface area contributed by atoms with Gasteiger partial charge in [0.25, 0.3) is 0 Å². The van der Waals surface area contributed by atoms with Gasteiger partial charge >= 0.3 is 0 Å². The maximum atomic E-state index is 6.08. The molecular weight excluding hydrogens is 288 g/mol. The van der Waals surface area contributed by atoms with Gasteiger partial charge in [-0.1, -0.05) is 51.4 Å². The van der Waals surface area contributed by atoms with Gasteiger partial charge in [0.15, 0.2) is 0 Å². The molecule has 0 saturated heterocycles. The Balaban J connectivity index is 2.43. The molecule has 0 bridgehead atoms. The van der Waals surface area contributed by atoms with Crippen LogP contribution in [0.15, 0.2) is 24.3 Å². The minimum absolute atomic E-state index is 0.0537. The van der Waals surface area contributed by atoms with Gasteiger partial charge in [-0.05, 0) is 18.7 Å². The van der Waals surface area contributed by atoms with Crippen molar-refractivity contribution >= 4 is 22.9 Å². The highest BCUT2D eigenvalue weighted by atomic mass is 35.5. The van der Waals surface area contributed by atoms with Crippen LogP contribution in [-0.4, -0.2) is 11.5 Å². The van der Waals surface area contributed by atoms with E-state index in [0.717, 1.165) is 28.7 Å². The van der Waals surface area contributed by atoms with Gasteiger partial charge in [-0.25, -0.2) is 4.98 Å². The van der Waals surface area contributed by atoms with E-state index in [1.807, 2.05) is 18.2 Å². The van der Waals surface area contributed by atoms with Gasteiger partial charge in [0.2, 0.25) is 0 Å². The molecule has 108 valence electrons. The monoisotopic (exact) mass is 308 g/mol. The quantitative estimate of drug-likeness (QED) is 0.871. The van der Waals surface area contributed by atoms with Crippen LogP contribution in [0.5, 0.6) is 0 Å². The topological polar surface area (TPSA) is 24.9 Å². The van der Waals surface area contributed by atoms with Crippen LogP contribution < -0.4 is 5.32 Å². The summed E-state index contributed by atoms with van der Waals surface area (Å²) in [5.41, 5.74) is 2.33. The van der Waals surface area contributed by atoms with Crippen molar-refractivity contribution in [1.82, 2.24) is 10.3 Å². The zero-order valence-electron chi connectivity index (χ0n) is 12.5. The molecule has 0 unspecified atom stereocenters. The first-order chi connectivity index (χ1) is 9.41. The number of rotatable bonds is 4. The Morgan fingerprint density at radius 1 is 1.30 bits per heavy atom. The van der Waals surface area contributed by atoms with Gasteiger partial charge in [-0.15, -0.1) is 11.3 Å². The SMILES string of the molecule is CCNCc1sc(-c2cccc(Cl)c2)nc1C(C)(C)C. The molecule has 2 nitrogen and oxygen atoms in total. The second-order valence-electron chi connectivity index (χ2n) is 5.83. The van der Waals surface area contributed by atoms with Crippen LogP contribution in [0.4, 0.5) is 0 Å². The highest BCUT2D eigenvalue weighted by Gasteiger charge is 2.23. The van der Waals surface area contributed by atoms with Gasteiger partial charge in [-0.3, -0.25) is 0 Å². The molecule has 2 aromatic rings. The highest BCUT2D eigenvalue weighted by Crippen LogP contribution is 2.35. The van der Waals surface area contributed by atoms with Crippen molar-refractivity contribution < 1.29 is 0 Å². The molecule has 0 radical (unpaired) electrons. The van der Waals surface area contributed by atoms with Crippen molar-refractivity contribution in [2.24, 2.45) is 0 Å². The van der Waals surface area contributed by atoms with Crippen LogP contribution in [0.2, 0.25) is 5.02 Å². The molecule has 1 heterocycles. The molecule has 0 spiro atoms.